The van der Waals surface area contributed by atoms with Gasteiger partial charge in [-0.1, -0.05) is 44.2 Å². The number of aliphatic hydroxyl groups is 1. The van der Waals surface area contributed by atoms with Crippen LogP contribution in [-0.4, -0.2) is 55.6 Å². The molecule has 7 heteroatoms. The van der Waals surface area contributed by atoms with Crippen molar-refractivity contribution < 1.29 is 14.6 Å². The van der Waals surface area contributed by atoms with E-state index in [1.165, 1.54) is 0 Å². The maximum atomic E-state index is 10.2. The van der Waals surface area contributed by atoms with E-state index in [9.17, 15) is 5.11 Å². The monoisotopic (exact) mass is 505 g/mol. The van der Waals surface area contributed by atoms with E-state index in [0.717, 1.165) is 24.5 Å². The third kappa shape index (κ3) is 6.30. The van der Waals surface area contributed by atoms with Crippen molar-refractivity contribution in [3.05, 3.63) is 35.9 Å². The fourth-order valence-electron chi connectivity index (χ4n) is 3.34. The van der Waals surface area contributed by atoms with Crippen molar-refractivity contribution in [2.24, 2.45) is 10.4 Å². The van der Waals surface area contributed by atoms with E-state index in [1.807, 2.05) is 37.3 Å². The first-order valence-electron chi connectivity index (χ1n) is 9.72. The van der Waals surface area contributed by atoms with Gasteiger partial charge >= 0.3 is 0 Å². The molecule has 0 heterocycles. The highest BCUT2D eigenvalue weighted by molar-refractivity contribution is 14.0. The first kappa shape index (κ1) is 25.1. The standard InChI is InChI=1S/C21H35N3O3.HI/c1-6-22-19(24-18-12-21(4,26-5)20(18,2)3)23-13-17(25)15-27-14-16-10-8-7-9-11-16;/h7-11,17-18,25H,6,12-15H2,1-5H3,(H2,22,23,24);1H. The van der Waals surface area contributed by atoms with Crippen LogP contribution in [-0.2, 0) is 16.1 Å². The zero-order chi connectivity index (χ0) is 19.9. The Morgan fingerprint density at radius 1 is 1.29 bits per heavy atom. The van der Waals surface area contributed by atoms with Crippen molar-refractivity contribution in [2.45, 2.75) is 58.5 Å². The predicted octanol–water partition coefficient (Wildman–Crippen LogP) is 2.94. The first-order chi connectivity index (χ1) is 12.8. The lowest BCUT2D eigenvalue weighted by Gasteiger charge is -2.59. The van der Waals surface area contributed by atoms with Gasteiger partial charge in [-0.3, -0.25) is 4.99 Å². The van der Waals surface area contributed by atoms with Crippen molar-refractivity contribution in [3.8, 4) is 0 Å². The van der Waals surface area contributed by atoms with Gasteiger partial charge in [-0.2, -0.15) is 0 Å². The molecule has 6 nitrogen and oxygen atoms in total. The maximum Gasteiger partial charge on any atom is 0.191 e. The average Bonchev–Trinajstić information content (AvgIpc) is 2.66. The molecule has 2 rings (SSSR count). The Balaban J connectivity index is 0.00000392. The second-order valence-corrected chi connectivity index (χ2v) is 7.93. The van der Waals surface area contributed by atoms with Crippen LogP contribution in [0.1, 0.15) is 39.7 Å². The molecule has 0 bridgehead atoms. The summed E-state index contributed by atoms with van der Waals surface area (Å²) in [4.78, 5) is 4.52. The van der Waals surface area contributed by atoms with E-state index in [2.05, 4.69) is 36.4 Å². The first-order valence-corrected chi connectivity index (χ1v) is 9.72. The fraction of sp³-hybridized carbons (Fsp3) is 0.667. The molecule has 0 radical (unpaired) electrons. The molecule has 0 saturated heterocycles. The molecule has 1 aromatic rings. The van der Waals surface area contributed by atoms with Crippen molar-refractivity contribution >= 4 is 29.9 Å². The molecule has 3 atom stereocenters. The van der Waals surface area contributed by atoms with Gasteiger partial charge in [-0.25, -0.2) is 0 Å². The topological polar surface area (TPSA) is 75.1 Å². The second kappa shape index (κ2) is 11.3. The average molecular weight is 505 g/mol. The van der Waals surface area contributed by atoms with Crippen LogP contribution in [0.3, 0.4) is 0 Å². The molecule has 28 heavy (non-hydrogen) atoms. The van der Waals surface area contributed by atoms with Gasteiger partial charge in [-0.15, -0.1) is 24.0 Å². The van der Waals surface area contributed by atoms with Crippen molar-refractivity contribution in [2.75, 3.05) is 26.8 Å². The van der Waals surface area contributed by atoms with Gasteiger partial charge in [0.05, 0.1) is 31.5 Å². The Morgan fingerprint density at radius 3 is 2.54 bits per heavy atom. The summed E-state index contributed by atoms with van der Waals surface area (Å²) in [6, 6.07) is 10.2. The van der Waals surface area contributed by atoms with Crippen molar-refractivity contribution in [1.29, 1.82) is 0 Å². The largest absolute Gasteiger partial charge is 0.389 e. The zero-order valence-corrected chi connectivity index (χ0v) is 20.0. The number of nitrogens with one attached hydrogen (secondary N) is 2. The zero-order valence-electron chi connectivity index (χ0n) is 17.7. The summed E-state index contributed by atoms with van der Waals surface area (Å²) in [5.74, 6) is 0.718. The van der Waals surface area contributed by atoms with Crippen LogP contribution in [0.2, 0.25) is 0 Å². The van der Waals surface area contributed by atoms with Gasteiger partial charge in [0.1, 0.15) is 0 Å². The lowest BCUT2D eigenvalue weighted by Crippen LogP contribution is -2.69. The van der Waals surface area contributed by atoms with Gasteiger partial charge in [0, 0.05) is 25.1 Å². The number of aliphatic imine (C=N–C) groups is 1. The van der Waals surface area contributed by atoms with Crippen LogP contribution in [0.5, 0.6) is 0 Å². The highest BCUT2D eigenvalue weighted by atomic mass is 127. The number of methoxy groups -OCH3 is 1. The van der Waals surface area contributed by atoms with Crippen LogP contribution in [0, 0.1) is 5.41 Å². The van der Waals surface area contributed by atoms with Crippen LogP contribution in [0.4, 0.5) is 0 Å². The third-order valence-electron chi connectivity index (χ3n) is 5.82. The molecule has 160 valence electrons. The Kier molecular flexibility index (Phi) is 10.2. The molecule has 3 N–H and O–H groups in total. The highest BCUT2D eigenvalue weighted by Crippen LogP contribution is 2.51. The maximum absolute atomic E-state index is 10.2. The summed E-state index contributed by atoms with van der Waals surface area (Å²) >= 11 is 0. The van der Waals surface area contributed by atoms with Crippen LogP contribution in [0.25, 0.3) is 0 Å². The van der Waals surface area contributed by atoms with Crippen LogP contribution in [0.15, 0.2) is 35.3 Å². The summed E-state index contributed by atoms with van der Waals surface area (Å²) < 4.78 is 11.3. The van der Waals surface area contributed by atoms with Gasteiger partial charge in [0.15, 0.2) is 5.96 Å². The molecule has 0 aromatic heterocycles. The summed E-state index contributed by atoms with van der Waals surface area (Å²) in [6.45, 7) is 10.4. The summed E-state index contributed by atoms with van der Waals surface area (Å²) in [5.41, 5.74) is 0.957. The number of ether oxygens (including phenoxy) is 2. The minimum Gasteiger partial charge on any atom is -0.389 e. The van der Waals surface area contributed by atoms with Gasteiger partial charge in [0.2, 0.25) is 0 Å². The van der Waals surface area contributed by atoms with E-state index >= 15 is 0 Å². The van der Waals surface area contributed by atoms with Gasteiger partial charge < -0.3 is 25.2 Å². The summed E-state index contributed by atoms with van der Waals surface area (Å²) in [6.07, 6.45) is 0.284. The minimum atomic E-state index is -0.636. The second-order valence-electron chi connectivity index (χ2n) is 7.93. The molecule has 0 amide bonds. The van der Waals surface area contributed by atoms with E-state index in [0.29, 0.717) is 13.2 Å². The van der Waals surface area contributed by atoms with Crippen molar-refractivity contribution in [1.82, 2.24) is 10.6 Å². The Morgan fingerprint density at radius 2 is 1.96 bits per heavy atom. The number of rotatable bonds is 9. The van der Waals surface area contributed by atoms with Gasteiger partial charge in [0.25, 0.3) is 0 Å². The molecule has 1 aliphatic carbocycles. The van der Waals surface area contributed by atoms with E-state index in [4.69, 9.17) is 9.47 Å². The lowest BCUT2D eigenvalue weighted by atomic mass is 9.56. The van der Waals surface area contributed by atoms with E-state index in [-0.39, 0.29) is 47.6 Å². The van der Waals surface area contributed by atoms with E-state index in [1.54, 1.807) is 7.11 Å². The molecule has 1 aromatic carbocycles. The fourth-order valence-corrected chi connectivity index (χ4v) is 3.34. The quantitative estimate of drug-likeness (QED) is 0.274. The molecule has 3 unspecified atom stereocenters. The molecular weight excluding hydrogens is 469 g/mol. The summed E-state index contributed by atoms with van der Waals surface area (Å²) in [5, 5.41) is 16.9. The number of nitrogens with zero attached hydrogens (tertiary/aromatic N) is 1. The molecule has 0 spiro atoms. The molecule has 1 fully saturated rings. The minimum absolute atomic E-state index is 0. The molecular formula is C21H36IN3O3. The smallest absolute Gasteiger partial charge is 0.191 e. The molecule has 1 saturated carbocycles. The number of hydrogen-bond donors (Lipinski definition) is 3. The SMILES string of the molecule is CCNC(=NCC(O)COCc1ccccc1)NC1CC(C)(OC)C1(C)C.I. The van der Waals surface area contributed by atoms with Crippen molar-refractivity contribution in [3.63, 3.8) is 0 Å². The highest BCUT2D eigenvalue weighted by Gasteiger charge is 2.58. The number of benzene rings is 1. The summed E-state index contributed by atoms with van der Waals surface area (Å²) in [7, 11) is 1.77. The lowest BCUT2D eigenvalue weighted by molar-refractivity contribution is -0.176. The van der Waals surface area contributed by atoms with Gasteiger partial charge in [-0.05, 0) is 25.8 Å². The van der Waals surface area contributed by atoms with Crippen LogP contribution >= 0.6 is 24.0 Å². The molecule has 1 aliphatic rings. The number of guanidine groups is 1. The Hall–Kier alpha value is -0.900. The number of hydrogen-bond acceptors (Lipinski definition) is 4. The Labute approximate surface area is 186 Å². The van der Waals surface area contributed by atoms with E-state index < -0.39 is 6.10 Å². The Bertz CT molecular complexity index is 612. The third-order valence-corrected chi connectivity index (χ3v) is 5.82. The normalized spacial score (nSPS) is 24.6. The molecule has 0 aliphatic heterocycles. The number of aliphatic hydroxyl groups excluding tert-OH is 1. The predicted molar refractivity (Wildman–Crippen MR) is 124 cm³/mol. The number of halogens is 1. The van der Waals surface area contributed by atoms with Crippen LogP contribution < -0.4 is 10.6 Å².